The van der Waals surface area contributed by atoms with Crippen LogP contribution in [0.2, 0.25) is 0 Å². The van der Waals surface area contributed by atoms with Crippen molar-refractivity contribution < 1.29 is 14.6 Å². The zero-order chi connectivity index (χ0) is 14.5. The van der Waals surface area contributed by atoms with Crippen LogP contribution >= 0.6 is 0 Å². The topological polar surface area (TPSA) is 46.5 Å². The maximum absolute atomic E-state index is 11.3. The summed E-state index contributed by atoms with van der Waals surface area (Å²) in [5, 5.41) is 9.78. The minimum atomic E-state index is -1.29. The molecule has 1 aliphatic rings. The van der Waals surface area contributed by atoms with E-state index in [9.17, 15) is 9.90 Å². The molecule has 1 aromatic rings. The van der Waals surface area contributed by atoms with Crippen LogP contribution in [-0.4, -0.2) is 24.3 Å². The van der Waals surface area contributed by atoms with Gasteiger partial charge in [-0.15, -0.1) is 0 Å². The number of hydrogen-bond acceptors (Lipinski definition) is 3. The van der Waals surface area contributed by atoms with Crippen LogP contribution in [0.1, 0.15) is 49.1 Å². The standard InChI is InChI=1S/C17H22O3/c1-12(16(18)17(19)20-2)13-8-10-15(11-9-13)14-6-4-3-5-7-14/h8-11,14,16,18H,1,3-7H2,2H3. The van der Waals surface area contributed by atoms with Crippen LogP contribution in [0.4, 0.5) is 0 Å². The number of rotatable bonds is 4. The quantitative estimate of drug-likeness (QED) is 0.857. The number of benzene rings is 1. The Bertz CT molecular complexity index is 470. The zero-order valence-corrected chi connectivity index (χ0v) is 12.0. The number of methoxy groups -OCH3 is 1. The first-order valence-corrected chi connectivity index (χ1v) is 7.18. The number of esters is 1. The molecular weight excluding hydrogens is 252 g/mol. The molecule has 1 N–H and O–H groups in total. The lowest BCUT2D eigenvalue weighted by Crippen LogP contribution is -2.22. The van der Waals surface area contributed by atoms with Crippen molar-refractivity contribution >= 4 is 11.5 Å². The van der Waals surface area contributed by atoms with E-state index in [2.05, 4.69) is 23.4 Å². The molecule has 1 saturated carbocycles. The van der Waals surface area contributed by atoms with Gasteiger partial charge in [-0.3, -0.25) is 0 Å². The third-order valence-electron chi connectivity index (χ3n) is 4.11. The minimum Gasteiger partial charge on any atom is -0.467 e. The molecule has 0 amide bonds. The summed E-state index contributed by atoms with van der Waals surface area (Å²) in [6.45, 7) is 3.79. The SMILES string of the molecule is C=C(c1ccc(C2CCCCC2)cc1)C(O)C(=O)OC. The molecule has 0 aromatic heterocycles. The number of carbonyl (C=O) groups excluding carboxylic acids is 1. The third-order valence-corrected chi connectivity index (χ3v) is 4.11. The normalized spacial score (nSPS) is 17.5. The van der Waals surface area contributed by atoms with Crippen molar-refractivity contribution in [2.45, 2.75) is 44.1 Å². The second kappa shape index (κ2) is 6.71. The van der Waals surface area contributed by atoms with Crippen LogP contribution in [0.15, 0.2) is 30.8 Å². The smallest absolute Gasteiger partial charge is 0.339 e. The van der Waals surface area contributed by atoms with E-state index < -0.39 is 12.1 Å². The van der Waals surface area contributed by atoms with E-state index in [0.29, 0.717) is 11.5 Å². The first kappa shape index (κ1) is 14.8. The molecule has 0 saturated heterocycles. The first-order valence-electron chi connectivity index (χ1n) is 7.18. The fourth-order valence-electron chi connectivity index (χ4n) is 2.82. The summed E-state index contributed by atoms with van der Waals surface area (Å²) in [5.74, 6) is -0.0250. The van der Waals surface area contributed by atoms with Crippen molar-refractivity contribution in [2.24, 2.45) is 0 Å². The van der Waals surface area contributed by atoms with Gasteiger partial charge in [0.2, 0.25) is 0 Å². The predicted octanol–water partition coefficient (Wildman–Crippen LogP) is 3.28. The average molecular weight is 274 g/mol. The average Bonchev–Trinajstić information content (AvgIpc) is 2.53. The molecule has 0 heterocycles. The number of aliphatic hydroxyl groups is 1. The Hall–Kier alpha value is -1.61. The lowest BCUT2D eigenvalue weighted by atomic mass is 9.83. The Balaban J connectivity index is 2.07. The largest absolute Gasteiger partial charge is 0.467 e. The second-order valence-corrected chi connectivity index (χ2v) is 5.41. The molecule has 20 heavy (non-hydrogen) atoms. The van der Waals surface area contributed by atoms with Gasteiger partial charge in [0.25, 0.3) is 0 Å². The molecule has 0 bridgehead atoms. The Morgan fingerprint density at radius 1 is 1.25 bits per heavy atom. The van der Waals surface area contributed by atoms with Gasteiger partial charge in [-0.1, -0.05) is 50.1 Å². The van der Waals surface area contributed by atoms with Gasteiger partial charge in [-0.25, -0.2) is 4.79 Å². The van der Waals surface area contributed by atoms with Crippen LogP contribution < -0.4 is 0 Å². The Morgan fingerprint density at radius 2 is 1.85 bits per heavy atom. The maximum atomic E-state index is 11.3. The van der Waals surface area contributed by atoms with Crippen molar-refractivity contribution in [3.8, 4) is 0 Å². The summed E-state index contributed by atoms with van der Waals surface area (Å²) in [6.07, 6.45) is 5.17. The number of carbonyl (C=O) groups is 1. The highest BCUT2D eigenvalue weighted by Crippen LogP contribution is 2.33. The molecule has 1 aliphatic carbocycles. The first-order chi connectivity index (χ1) is 9.63. The summed E-state index contributed by atoms with van der Waals surface area (Å²) >= 11 is 0. The van der Waals surface area contributed by atoms with Gasteiger partial charge < -0.3 is 9.84 Å². The van der Waals surface area contributed by atoms with Crippen molar-refractivity contribution in [1.29, 1.82) is 0 Å². The van der Waals surface area contributed by atoms with E-state index in [4.69, 9.17) is 0 Å². The van der Waals surface area contributed by atoms with E-state index in [0.717, 1.165) is 5.56 Å². The van der Waals surface area contributed by atoms with Gasteiger partial charge in [0, 0.05) is 0 Å². The molecule has 1 unspecified atom stereocenters. The van der Waals surface area contributed by atoms with Gasteiger partial charge in [0.1, 0.15) is 0 Å². The van der Waals surface area contributed by atoms with Gasteiger partial charge in [-0.05, 0) is 35.5 Å². The van der Waals surface area contributed by atoms with Crippen molar-refractivity contribution in [2.75, 3.05) is 7.11 Å². The number of aliphatic hydroxyl groups excluding tert-OH is 1. The lowest BCUT2D eigenvalue weighted by molar-refractivity contribution is -0.147. The van der Waals surface area contributed by atoms with E-state index >= 15 is 0 Å². The Kier molecular flexibility index (Phi) is 4.96. The highest BCUT2D eigenvalue weighted by atomic mass is 16.5. The molecule has 0 aliphatic heterocycles. The highest BCUT2D eigenvalue weighted by Gasteiger charge is 2.21. The number of ether oxygens (including phenoxy) is 1. The van der Waals surface area contributed by atoms with E-state index in [1.807, 2.05) is 12.1 Å². The molecular formula is C17H22O3. The Morgan fingerprint density at radius 3 is 2.40 bits per heavy atom. The maximum Gasteiger partial charge on any atom is 0.339 e. The van der Waals surface area contributed by atoms with Crippen LogP contribution in [-0.2, 0) is 9.53 Å². The molecule has 1 aromatic carbocycles. The van der Waals surface area contributed by atoms with Crippen molar-refractivity contribution in [1.82, 2.24) is 0 Å². The van der Waals surface area contributed by atoms with E-state index in [-0.39, 0.29) is 0 Å². The summed E-state index contributed by atoms with van der Waals surface area (Å²) < 4.78 is 4.52. The number of hydrogen-bond donors (Lipinski definition) is 1. The van der Waals surface area contributed by atoms with Crippen molar-refractivity contribution in [3.63, 3.8) is 0 Å². The summed E-state index contributed by atoms with van der Waals surface area (Å²) in [5.41, 5.74) is 2.50. The molecule has 3 nitrogen and oxygen atoms in total. The van der Waals surface area contributed by atoms with Crippen molar-refractivity contribution in [3.05, 3.63) is 42.0 Å². The second-order valence-electron chi connectivity index (χ2n) is 5.41. The summed E-state index contributed by atoms with van der Waals surface area (Å²) in [4.78, 5) is 11.3. The van der Waals surface area contributed by atoms with Gasteiger partial charge in [0.15, 0.2) is 6.10 Å². The van der Waals surface area contributed by atoms with Crippen LogP contribution in [0.5, 0.6) is 0 Å². The molecule has 0 spiro atoms. The van der Waals surface area contributed by atoms with Gasteiger partial charge in [0.05, 0.1) is 7.11 Å². The highest BCUT2D eigenvalue weighted by molar-refractivity contribution is 5.90. The molecule has 0 radical (unpaired) electrons. The van der Waals surface area contributed by atoms with Crippen LogP contribution in [0.25, 0.3) is 5.57 Å². The molecule has 108 valence electrons. The molecule has 3 heteroatoms. The molecule has 1 atom stereocenters. The zero-order valence-electron chi connectivity index (χ0n) is 12.0. The Labute approximate surface area is 120 Å². The third kappa shape index (κ3) is 3.28. The van der Waals surface area contributed by atoms with Gasteiger partial charge in [-0.2, -0.15) is 0 Å². The monoisotopic (exact) mass is 274 g/mol. The molecule has 2 rings (SSSR count). The van der Waals surface area contributed by atoms with E-state index in [1.165, 1.54) is 44.8 Å². The van der Waals surface area contributed by atoms with Gasteiger partial charge >= 0.3 is 5.97 Å². The summed E-state index contributed by atoms with van der Waals surface area (Å²) in [7, 11) is 1.25. The van der Waals surface area contributed by atoms with E-state index in [1.54, 1.807) is 0 Å². The van der Waals surface area contributed by atoms with Crippen LogP contribution in [0, 0.1) is 0 Å². The molecule has 1 fully saturated rings. The summed E-state index contributed by atoms with van der Waals surface area (Å²) in [6, 6.07) is 8.03. The lowest BCUT2D eigenvalue weighted by Gasteiger charge is -2.22. The minimum absolute atomic E-state index is 0.382. The fraction of sp³-hybridized carbons (Fsp3) is 0.471. The van der Waals surface area contributed by atoms with Crippen LogP contribution in [0.3, 0.4) is 0 Å². The fourth-order valence-corrected chi connectivity index (χ4v) is 2.82. The predicted molar refractivity (Wildman–Crippen MR) is 79.3 cm³/mol.